The molecule has 68 heavy (non-hydrogen) atoms. The number of hydrogen-bond donors (Lipinski definition) is 0. The monoisotopic (exact) mass is 899 g/mol. The van der Waals surface area contributed by atoms with Crippen molar-refractivity contribution >= 4 is 50.6 Å². The van der Waals surface area contributed by atoms with Crippen LogP contribution in [0.1, 0.15) is 104 Å². The van der Waals surface area contributed by atoms with Crippen LogP contribution in [0.4, 0.5) is 31.5 Å². The topological polar surface area (TPSA) is 33.1 Å². The van der Waals surface area contributed by atoms with Gasteiger partial charge in [0.1, 0.15) is 29.0 Å². The molecule has 0 saturated carbocycles. The van der Waals surface area contributed by atoms with Crippen LogP contribution in [-0.2, 0) is 5.41 Å². The van der Waals surface area contributed by atoms with Crippen molar-refractivity contribution in [2.75, 3.05) is 0 Å². The molecule has 0 spiro atoms. The molecule has 3 heterocycles. The first-order valence-corrected chi connectivity index (χ1v) is 23.4. The first-order valence-electron chi connectivity index (χ1n) is 23.9. The predicted octanol–water partition coefficient (Wildman–Crippen LogP) is 17.1. The highest BCUT2D eigenvalue weighted by molar-refractivity contribution is 6.09. The zero-order chi connectivity index (χ0) is 48.5. The van der Waals surface area contributed by atoms with Gasteiger partial charge in [0.25, 0.3) is 11.4 Å². The zero-order valence-electron chi connectivity index (χ0n) is 41.1. The molecule has 0 N–H and O–H groups in total. The van der Waals surface area contributed by atoms with Crippen LogP contribution in [0.3, 0.4) is 0 Å². The van der Waals surface area contributed by atoms with Crippen LogP contribution in [-0.4, -0.2) is 15.6 Å². The highest BCUT2D eigenvalue weighted by Gasteiger charge is 2.40. The molecule has 0 unspecified atom stereocenters. The van der Waals surface area contributed by atoms with E-state index < -0.39 is 17.5 Å². The lowest BCUT2D eigenvalue weighted by Crippen LogP contribution is -2.12. The Labute approximate surface area is 399 Å². The molecule has 1 aliphatic heterocycles. The van der Waals surface area contributed by atoms with Crippen molar-refractivity contribution in [3.05, 3.63) is 192 Å². The average molecular weight is 900 g/mol. The fourth-order valence-electron chi connectivity index (χ4n) is 9.34. The number of fused-ring (bicyclic) bond motifs is 4. The first kappa shape index (κ1) is 43.1. The molecule has 338 valence electrons. The lowest BCUT2D eigenvalue weighted by atomic mass is 9.88. The summed E-state index contributed by atoms with van der Waals surface area (Å²) in [6, 6.07) is 52.8. The predicted molar refractivity (Wildman–Crippen MR) is 278 cm³/mol. The summed E-state index contributed by atoms with van der Waals surface area (Å²) < 4.78 is 52.7. The van der Waals surface area contributed by atoms with E-state index in [0.29, 0.717) is 22.6 Å². The van der Waals surface area contributed by atoms with Crippen molar-refractivity contribution in [1.29, 1.82) is 0 Å². The van der Waals surface area contributed by atoms with Crippen molar-refractivity contribution in [2.24, 2.45) is 0 Å². The first-order chi connectivity index (χ1) is 32.9. The Morgan fingerprint density at radius 3 is 1.88 bits per heavy atom. The van der Waals surface area contributed by atoms with Gasteiger partial charge in [-0.3, -0.25) is 4.57 Å². The minimum absolute atomic E-state index is 0.0653. The van der Waals surface area contributed by atoms with Gasteiger partial charge in [-0.05, 0) is 126 Å². The molecule has 0 aliphatic carbocycles. The molecule has 5 nitrogen and oxygen atoms in total. The molecule has 10 rings (SSSR count). The number of nitrogens with zero attached hydrogens (tertiary/aromatic N) is 4. The lowest BCUT2D eigenvalue weighted by molar-refractivity contribution is 0.482. The molecular weight excluding hydrogens is 843 g/mol. The van der Waals surface area contributed by atoms with E-state index in [2.05, 4.69) is 132 Å². The molecule has 0 atom stereocenters. The number of pyridine rings is 1. The zero-order valence-corrected chi connectivity index (χ0v) is 40.1. The number of para-hydroxylation sites is 4. The van der Waals surface area contributed by atoms with Crippen LogP contribution in [0.2, 0.25) is 0 Å². The molecule has 9 aromatic rings. The maximum atomic E-state index is 15.1. The van der Waals surface area contributed by atoms with E-state index in [0.717, 1.165) is 73.1 Å². The average Bonchev–Trinajstić information content (AvgIpc) is 3.86. The second-order valence-corrected chi connectivity index (χ2v) is 19.8. The lowest BCUT2D eigenvalue weighted by Gasteiger charge is -2.20. The van der Waals surface area contributed by atoms with Gasteiger partial charge in [0.05, 0.1) is 28.2 Å². The number of hydrogen-bond acceptors (Lipinski definition) is 2. The van der Waals surface area contributed by atoms with Gasteiger partial charge in [-0.1, -0.05) is 117 Å². The van der Waals surface area contributed by atoms with Crippen LogP contribution in [0.15, 0.2) is 158 Å². The van der Waals surface area contributed by atoms with Crippen LogP contribution in [0, 0.1) is 11.6 Å². The Morgan fingerprint density at radius 2 is 1.22 bits per heavy atom. The third kappa shape index (κ3) is 8.22. The Balaban J connectivity index is 1.18. The number of ether oxygens (including phenoxy) is 1. The summed E-state index contributed by atoms with van der Waals surface area (Å²) in [4.78, 5) is 4.88. The number of benzene rings is 7. The second kappa shape index (κ2) is 17.3. The van der Waals surface area contributed by atoms with Crippen LogP contribution >= 0.6 is 0 Å². The standard InChI is InChI=1S/C61H56F2N4O/c1-37(2)40-25-41(38(3)4)27-43(26-40)51-16-14-17-52(44-28-46(62)33-47(63)29-44)60(51)66-36-65(56-19-12-13-20-57(56)66)48-30-42(39(5)6)31-50(34-48)68-49-21-22-54-53-15-10-11-18-55(53)67(58(54)35-49)59-32-45(23-24-64-59)61(7,8)9/h10-35,37-39H,1-9H3/q+2/i39D. The van der Waals surface area contributed by atoms with Crippen molar-refractivity contribution in [3.8, 4) is 39.6 Å². The van der Waals surface area contributed by atoms with Gasteiger partial charge >= 0.3 is 6.01 Å². The Bertz CT molecular complexity index is 3540. The maximum Gasteiger partial charge on any atom is 0.503 e. The fraction of sp³-hybridized carbons (Fsp3) is 0.213. The number of halogens is 2. The van der Waals surface area contributed by atoms with Gasteiger partial charge in [0.15, 0.2) is 0 Å². The molecule has 1 aliphatic rings. The summed E-state index contributed by atoms with van der Waals surface area (Å²) >= 11 is 0. The Kier molecular flexibility index (Phi) is 11.0. The molecule has 2 aromatic heterocycles. The third-order valence-corrected chi connectivity index (χ3v) is 13.1. The van der Waals surface area contributed by atoms with Crippen molar-refractivity contribution in [1.82, 2.24) is 18.7 Å². The minimum atomic E-state index is -0.996. The summed E-state index contributed by atoms with van der Waals surface area (Å²) in [7, 11) is 0. The molecule has 7 aromatic carbocycles. The van der Waals surface area contributed by atoms with Gasteiger partial charge in [0, 0.05) is 48.7 Å². The van der Waals surface area contributed by atoms with E-state index in [4.69, 9.17) is 9.72 Å². The van der Waals surface area contributed by atoms with Crippen LogP contribution < -0.4 is 13.9 Å². The largest absolute Gasteiger partial charge is 0.503 e. The third-order valence-electron chi connectivity index (χ3n) is 13.1. The number of aromatic nitrogens is 2. The molecule has 0 radical (unpaired) electrons. The van der Waals surface area contributed by atoms with E-state index in [1.54, 1.807) is 0 Å². The molecule has 7 heteroatoms. The van der Waals surface area contributed by atoms with Gasteiger partial charge in [-0.15, -0.1) is 0 Å². The summed E-state index contributed by atoms with van der Waals surface area (Å²) in [5, 5.41) is 2.20. The van der Waals surface area contributed by atoms with Gasteiger partial charge in [0.2, 0.25) is 11.4 Å². The van der Waals surface area contributed by atoms with Gasteiger partial charge in [-0.2, -0.15) is 0 Å². The van der Waals surface area contributed by atoms with Crippen molar-refractivity contribution < 1.29 is 14.9 Å². The molecule has 0 bridgehead atoms. The molecular formula is C61H56F2N4O+2. The Hall–Kier alpha value is -7.47. The van der Waals surface area contributed by atoms with E-state index in [-0.39, 0.29) is 17.3 Å². The van der Waals surface area contributed by atoms with E-state index >= 15 is 8.78 Å². The van der Waals surface area contributed by atoms with E-state index in [9.17, 15) is 1.37 Å². The highest BCUT2D eigenvalue weighted by atomic mass is 19.1. The SMILES string of the molecule is [2H]C(C)(C)c1cc(Oc2ccc3c4ccccc4n(-c4cc(C(C)(C)C)ccn4)c3c2)cc([N+]2=C=[N+](c3c(-c4cc(F)cc(F)c4)cccc3-c3cc(C(C)C)cc(C(C)C)c3)c3ccccc32)c1. The fourth-order valence-corrected chi connectivity index (χ4v) is 9.34. The summed E-state index contributed by atoms with van der Waals surface area (Å²) in [5.41, 5.74) is 12.4. The highest BCUT2D eigenvalue weighted by Crippen LogP contribution is 2.46. The van der Waals surface area contributed by atoms with E-state index in [1.807, 2.05) is 89.9 Å². The number of rotatable bonds is 10. The molecule has 0 amide bonds. The molecule has 0 fully saturated rings. The van der Waals surface area contributed by atoms with Gasteiger partial charge < -0.3 is 4.74 Å². The summed E-state index contributed by atoms with van der Waals surface area (Å²) in [6.45, 7) is 19.1. The quantitative estimate of drug-likeness (QED) is 0.128. The maximum absolute atomic E-state index is 15.1. The van der Waals surface area contributed by atoms with Crippen molar-refractivity contribution in [2.45, 2.75) is 85.5 Å². The minimum Gasteiger partial charge on any atom is -0.457 e. The van der Waals surface area contributed by atoms with Crippen LogP contribution in [0.25, 0.3) is 49.9 Å². The Morgan fingerprint density at radius 1 is 0.588 bits per heavy atom. The van der Waals surface area contributed by atoms with Crippen LogP contribution in [0.5, 0.6) is 11.5 Å². The smallest absolute Gasteiger partial charge is 0.457 e. The normalized spacial score (nSPS) is 13.0. The van der Waals surface area contributed by atoms with Crippen molar-refractivity contribution in [3.63, 3.8) is 0 Å². The summed E-state index contributed by atoms with van der Waals surface area (Å²) in [6.07, 6.45) is 1.88. The summed E-state index contributed by atoms with van der Waals surface area (Å²) in [5.74, 6) is 0.245. The van der Waals surface area contributed by atoms with E-state index in [1.165, 1.54) is 28.8 Å². The van der Waals surface area contributed by atoms with Gasteiger partial charge in [-0.25, -0.2) is 13.8 Å². The molecule has 0 saturated heterocycles. The second-order valence-electron chi connectivity index (χ2n) is 19.8.